The predicted octanol–water partition coefficient (Wildman–Crippen LogP) is 5.72. The SMILES string of the molecule is CC.CCC(=O)C1C(C)=CC(N)=CCN1C.CCc1cccc(-c2ccc(C(=O)O)cc2)c1OC. The van der Waals surface area contributed by atoms with E-state index in [4.69, 9.17) is 15.6 Å². The van der Waals surface area contributed by atoms with Gasteiger partial charge >= 0.3 is 5.97 Å². The van der Waals surface area contributed by atoms with E-state index in [1.807, 2.05) is 70.0 Å². The summed E-state index contributed by atoms with van der Waals surface area (Å²) in [6.07, 6.45) is 5.29. The zero-order valence-electron chi connectivity index (χ0n) is 22.1. The van der Waals surface area contributed by atoms with Crippen molar-refractivity contribution in [1.82, 2.24) is 4.90 Å². The standard InChI is InChI=1S/C16H16O3.C11H18N2O.C2H6/c1-3-11-5-4-6-14(15(11)19-2)12-7-9-13(10-8-12)16(17)18;1-4-10(14)11-8(2)7-9(12)5-6-13(11)3;1-2/h4-10H,3H2,1-2H3,(H,17,18);5,7,11H,4,6,12H2,1-3H3;1-2H3. The van der Waals surface area contributed by atoms with Crippen LogP contribution >= 0.6 is 0 Å². The van der Waals surface area contributed by atoms with Crippen LogP contribution in [0.25, 0.3) is 11.1 Å². The van der Waals surface area contributed by atoms with Crippen molar-refractivity contribution in [1.29, 1.82) is 0 Å². The number of methoxy groups -OCH3 is 1. The first-order valence-electron chi connectivity index (χ1n) is 12.1. The maximum Gasteiger partial charge on any atom is 0.335 e. The van der Waals surface area contributed by atoms with E-state index in [-0.39, 0.29) is 17.4 Å². The van der Waals surface area contributed by atoms with Gasteiger partial charge in [-0.05, 0) is 61.4 Å². The number of rotatable bonds is 6. The first-order valence-corrected chi connectivity index (χ1v) is 12.1. The zero-order valence-corrected chi connectivity index (χ0v) is 22.1. The number of nitrogens with zero attached hydrogens (tertiary/aromatic N) is 1. The molecule has 0 saturated carbocycles. The largest absolute Gasteiger partial charge is 0.496 e. The van der Waals surface area contributed by atoms with Gasteiger partial charge in [-0.1, -0.05) is 58.0 Å². The maximum absolute atomic E-state index is 11.7. The molecule has 0 fully saturated rings. The lowest BCUT2D eigenvalue weighted by Gasteiger charge is -2.24. The first-order chi connectivity index (χ1) is 16.7. The molecule has 6 heteroatoms. The quantitative estimate of drug-likeness (QED) is 0.549. The van der Waals surface area contributed by atoms with E-state index in [1.54, 1.807) is 31.4 Å². The average Bonchev–Trinajstić information content (AvgIpc) is 3.00. The van der Waals surface area contributed by atoms with Crippen LogP contribution in [0.4, 0.5) is 0 Å². The number of carbonyl (C=O) groups excluding carboxylic acids is 1. The maximum atomic E-state index is 11.7. The van der Waals surface area contributed by atoms with Gasteiger partial charge in [0.2, 0.25) is 0 Å². The molecule has 1 heterocycles. The molecule has 1 unspecified atom stereocenters. The molecule has 0 radical (unpaired) electrons. The van der Waals surface area contributed by atoms with Gasteiger partial charge in [-0.2, -0.15) is 0 Å². The van der Waals surface area contributed by atoms with Gasteiger partial charge in [-0.3, -0.25) is 9.69 Å². The lowest BCUT2D eigenvalue weighted by atomic mass is 9.99. The molecule has 1 aliphatic rings. The van der Waals surface area contributed by atoms with Gasteiger partial charge in [0.15, 0.2) is 5.78 Å². The zero-order chi connectivity index (χ0) is 26.5. The smallest absolute Gasteiger partial charge is 0.335 e. The van der Waals surface area contributed by atoms with Gasteiger partial charge in [-0.15, -0.1) is 0 Å². The van der Waals surface area contributed by atoms with Crippen molar-refractivity contribution in [2.24, 2.45) is 5.73 Å². The molecule has 3 N–H and O–H groups in total. The molecule has 1 aliphatic heterocycles. The minimum atomic E-state index is -0.916. The number of Topliss-reactive ketones (excluding diaryl/α,β-unsaturated/α-hetero) is 1. The lowest BCUT2D eigenvalue weighted by Crippen LogP contribution is -2.38. The average molecular weight is 481 g/mol. The molecule has 190 valence electrons. The number of benzene rings is 2. The third-order valence-corrected chi connectivity index (χ3v) is 5.66. The van der Waals surface area contributed by atoms with Crippen LogP contribution < -0.4 is 10.5 Å². The first kappa shape index (κ1) is 29.7. The van der Waals surface area contributed by atoms with Gasteiger partial charge in [-0.25, -0.2) is 4.79 Å². The van der Waals surface area contributed by atoms with Crippen LogP contribution in [-0.4, -0.2) is 48.5 Å². The number of nitrogens with two attached hydrogens (primary N) is 1. The van der Waals surface area contributed by atoms with Gasteiger partial charge in [0.1, 0.15) is 5.75 Å². The van der Waals surface area contributed by atoms with E-state index < -0.39 is 5.97 Å². The number of carboxylic acid groups (broad SMARTS) is 1. The second-order valence-electron chi connectivity index (χ2n) is 7.99. The van der Waals surface area contributed by atoms with Crippen LogP contribution in [0.2, 0.25) is 0 Å². The molecule has 0 amide bonds. The van der Waals surface area contributed by atoms with Crippen LogP contribution in [-0.2, 0) is 11.2 Å². The highest BCUT2D eigenvalue weighted by atomic mass is 16.5. The number of carboxylic acids is 1. The third-order valence-electron chi connectivity index (χ3n) is 5.66. The van der Waals surface area contributed by atoms with Crippen molar-refractivity contribution >= 4 is 11.8 Å². The van der Waals surface area contributed by atoms with Crippen molar-refractivity contribution in [3.05, 3.63) is 77.0 Å². The monoisotopic (exact) mass is 480 g/mol. The minimum Gasteiger partial charge on any atom is -0.496 e. The minimum absolute atomic E-state index is 0.0997. The molecule has 35 heavy (non-hydrogen) atoms. The summed E-state index contributed by atoms with van der Waals surface area (Å²) in [6, 6.07) is 12.7. The molecule has 0 aliphatic carbocycles. The van der Waals surface area contributed by atoms with E-state index >= 15 is 0 Å². The van der Waals surface area contributed by atoms with E-state index in [2.05, 4.69) is 6.92 Å². The van der Waals surface area contributed by atoms with Crippen molar-refractivity contribution < 1.29 is 19.4 Å². The summed E-state index contributed by atoms with van der Waals surface area (Å²) in [7, 11) is 3.61. The van der Waals surface area contributed by atoms with Crippen LogP contribution in [0, 0.1) is 0 Å². The summed E-state index contributed by atoms with van der Waals surface area (Å²) in [4.78, 5) is 24.6. The highest BCUT2D eigenvalue weighted by molar-refractivity contribution is 5.88. The van der Waals surface area contributed by atoms with Gasteiger partial charge in [0.05, 0.1) is 18.7 Å². The van der Waals surface area contributed by atoms with Crippen LogP contribution in [0.1, 0.15) is 57.0 Å². The molecular weight excluding hydrogens is 440 g/mol. The molecule has 0 aromatic heterocycles. The van der Waals surface area contributed by atoms with E-state index in [0.29, 0.717) is 6.42 Å². The topological polar surface area (TPSA) is 92.9 Å². The molecule has 0 saturated heterocycles. The summed E-state index contributed by atoms with van der Waals surface area (Å²) in [5, 5.41) is 8.90. The molecule has 1 atom stereocenters. The van der Waals surface area contributed by atoms with E-state index in [9.17, 15) is 9.59 Å². The number of likely N-dealkylation sites (N-methyl/N-ethyl adjacent to an activating group) is 1. The van der Waals surface area contributed by atoms with Crippen molar-refractivity contribution in [3.8, 4) is 16.9 Å². The van der Waals surface area contributed by atoms with Crippen molar-refractivity contribution in [2.75, 3.05) is 20.7 Å². The highest BCUT2D eigenvalue weighted by Gasteiger charge is 2.24. The molecular formula is C29H40N2O4. The Morgan fingerprint density at radius 2 is 1.74 bits per heavy atom. The summed E-state index contributed by atoms with van der Waals surface area (Å²) >= 11 is 0. The number of ketones is 1. The van der Waals surface area contributed by atoms with E-state index in [0.717, 1.165) is 46.7 Å². The van der Waals surface area contributed by atoms with Crippen molar-refractivity contribution in [2.45, 2.75) is 53.5 Å². The number of allylic oxidation sites excluding steroid dienone is 1. The third kappa shape index (κ3) is 8.11. The van der Waals surface area contributed by atoms with Gasteiger partial charge in [0.25, 0.3) is 0 Å². The molecule has 3 rings (SSSR count). The summed E-state index contributed by atoms with van der Waals surface area (Å²) in [5.74, 6) is 0.193. The number of aromatic carboxylic acids is 1. The Bertz CT molecular complexity index is 1040. The van der Waals surface area contributed by atoms with E-state index in [1.165, 1.54) is 0 Å². The van der Waals surface area contributed by atoms with Crippen LogP contribution in [0.3, 0.4) is 0 Å². The Balaban J connectivity index is 0.000000341. The predicted molar refractivity (Wildman–Crippen MR) is 144 cm³/mol. The molecule has 2 aromatic rings. The fourth-order valence-corrected chi connectivity index (χ4v) is 3.92. The summed E-state index contributed by atoms with van der Waals surface area (Å²) in [5.41, 5.74) is 10.9. The van der Waals surface area contributed by atoms with Crippen molar-refractivity contribution in [3.63, 3.8) is 0 Å². The molecule has 0 bridgehead atoms. The Kier molecular flexibility index (Phi) is 12.5. The number of hydrogen-bond donors (Lipinski definition) is 2. The second kappa shape index (κ2) is 14.8. The Hall–Kier alpha value is -3.38. The number of para-hydroxylation sites is 1. The number of carbonyl (C=O) groups is 2. The van der Waals surface area contributed by atoms with Crippen LogP contribution in [0.15, 0.2) is 65.9 Å². The number of hydrogen-bond acceptors (Lipinski definition) is 5. The Morgan fingerprint density at radius 1 is 1.11 bits per heavy atom. The fraction of sp³-hybridized carbons (Fsp3) is 0.379. The van der Waals surface area contributed by atoms with Crippen LogP contribution in [0.5, 0.6) is 5.75 Å². The van der Waals surface area contributed by atoms with Gasteiger partial charge < -0.3 is 15.6 Å². The lowest BCUT2D eigenvalue weighted by molar-refractivity contribution is -0.122. The summed E-state index contributed by atoms with van der Waals surface area (Å²) in [6.45, 7) is 10.7. The second-order valence-corrected chi connectivity index (χ2v) is 7.99. The number of ether oxygens (including phenoxy) is 1. The number of aryl methyl sites for hydroxylation is 1. The highest BCUT2D eigenvalue weighted by Crippen LogP contribution is 2.33. The summed E-state index contributed by atoms with van der Waals surface area (Å²) < 4.78 is 5.48. The Morgan fingerprint density at radius 3 is 2.26 bits per heavy atom. The fourth-order valence-electron chi connectivity index (χ4n) is 3.92. The van der Waals surface area contributed by atoms with Gasteiger partial charge in [0, 0.05) is 24.2 Å². The Labute approximate surface area is 210 Å². The normalized spacial score (nSPS) is 15.2. The molecule has 2 aromatic carbocycles. The molecule has 6 nitrogen and oxygen atoms in total. The molecule has 0 spiro atoms.